The van der Waals surface area contributed by atoms with Gasteiger partial charge >= 0.3 is 0 Å². The second-order valence-electron chi connectivity index (χ2n) is 7.63. The van der Waals surface area contributed by atoms with Gasteiger partial charge in [0.05, 0.1) is 0 Å². The number of nitrogens with one attached hydrogen (secondary N) is 1. The van der Waals surface area contributed by atoms with E-state index in [1.807, 2.05) is 0 Å². The van der Waals surface area contributed by atoms with E-state index in [0.29, 0.717) is 11.3 Å². The van der Waals surface area contributed by atoms with Crippen LogP contribution in [0.3, 0.4) is 0 Å². The molecule has 1 atom stereocenters. The number of benzene rings is 1. The normalized spacial score (nSPS) is 25.4. The van der Waals surface area contributed by atoms with Gasteiger partial charge in [-0.2, -0.15) is 0 Å². The summed E-state index contributed by atoms with van der Waals surface area (Å²) in [5, 5.41) is 3.79. The molecule has 20 heavy (non-hydrogen) atoms. The van der Waals surface area contributed by atoms with Crippen LogP contribution in [0.4, 0.5) is 0 Å². The lowest BCUT2D eigenvalue weighted by molar-refractivity contribution is 0.160. The summed E-state index contributed by atoms with van der Waals surface area (Å²) in [4.78, 5) is 0. The van der Waals surface area contributed by atoms with E-state index in [9.17, 15) is 0 Å². The predicted octanol–water partition coefficient (Wildman–Crippen LogP) is 4.98. The number of rotatable bonds is 4. The van der Waals surface area contributed by atoms with E-state index in [1.54, 1.807) is 0 Å². The SMILES string of the molecule is CC(CNC1CCC(C(C)(C)C)CC1)c1ccccc1. The van der Waals surface area contributed by atoms with Gasteiger partial charge in [0.2, 0.25) is 0 Å². The van der Waals surface area contributed by atoms with Gasteiger partial charge < -0.3 is 5.32 Å². The third-order valence-electron chi connectivity index (χ3n) is 5.03. The van der Waals surface area contributed by atoms with Crippen molar-refractivity contribution in [3.8, 4) is 0 Å². The highest BCUT2D eigenvalue weighted by Crippen LogP contribution is 2.37. The van der Waals surface area contributed by atoms with E-state index >= 15 is 0 Å². The van der Waals surface area contributed by atoms with Crippen LogP contribution in [0.1, 0.15) is 64.9 Å². The van der Waals surface area contributed by atoms with Gasteiger partial charge in [-0.05, 0) is 48.5 Å². The zero-order chi connectivity index (χ0) is 14.6. The van der Waals surface area contributed by atoms with E-state index in [1.165, 1.54) is 31.2 Å². The summed E-state index contributed by atoms with van der Waals surface area (Å²) in [7, 11) is 0. The maximum atomic E-state index is 3.79. The third-order valence-corrected chi connectivity index (χ3v) is 5.03. The summed E-state index contributed by atoms with van der Waals surface area (Å²) >= 11 is 0. The third kappa shape index (κ3) is 4.34. The summed E-state index contributed by atoms with van der Waals surface area (Å²) in [5.74, 6) is 1.52. The first kappa shape index (κ1) is 15.6. The molecule has 0 aromatic heterocycles. The van der Waals surface area contributed by atoms with Gasteiger partial charge in [0, 0.05) is 12.6 Å². The molecule has 1 saturated carbocycles. The second-order valence-corrected chi connectivity index (χ2v) is 7.63. The van der Waals surface area contributed by atoms with E-state index < -0.39 is 0 Å². The molecule has 1 aliphatic rings. The fraction of sp³-hybridized carbons (Fsp3) is 0.684. The second kappa shape index (κ2) is 6.76. The molecular formula is C19H31N. The Morgan fingerprint density at radius 2 is 1.65 bits per heavy atom. The Labute approximate surface area is 125 Å². The molecule has 0 heterocycles. The fourth-order valence-electron chi connectivity index (χ4n) is 3.41. The van der Waals surface area contributed by atoms with Crippen LogP contribution >= 0.6 is 0 Å². The molecule has 112 valence electrons. The molecule has 1 N–H and O–H groups in total. The van der Waals surface area contributed by atoms with Crippen LogP contribution in [0, 0.1) is 11.3 Å². The van der Waals surface area contributed by atoms with Gasteiger partial charge in [0.1, 0.15) is 0 Å². The molecule has 0 bridgehead atoms. The maximum absolute atomic E-state index is 3.79. The average Bonchev–Trinajstić information content (AvgIpc) is 2.45. The summed E-state index contributed by atoms with van der Waals surface area (Å²) in [5.41, 5.74) is 1.94. The van der Waals surface area contributed by atoms with Crippen LogP contribution < -0.4 is 5.32 Å². The van der Waals surface area contributed by atoms with Crippen molar-refractivity contribution in [2.75, 3.05) is 6.54 Å². The van der Waals surface area contributed by atoms with Gasteiger partial charge in [0.15, 0.2) is 0 Å². The monoisotopic (exact) mass is 273 g/mol. The summed E-state index contributed by atoms with van der Waals surface area (Å²) < 4.78 is 0. The standard InChI is InChI=1S/C19H31N/c1-15(16-8-6-5-7-9-16)14-20-18-12-10-17(11-13-18)19(2,3)4/h5-9,15,17-18,20H,10-14H2,1-4H3. The van der Waals surface area contributed by atoms with Crippen LogP contribution in [0.15, 0.2) is 30.3 Å². The predicted molar refractivity (Wildman–Crippen MR) is 88.1 cm³/mol. The van der Waals surface area contributed by atoms with E-state index in [-0.39, 0.29) is 0 Å². The van der Waals surface area contributed by atoms with Crippen molar-refractivity contribution in [2.24, 2.45) is 11.3 Å². The van der Waals surface area contributed by atoms with Crippen LogP contribution in [0.2, 0.25) is 0 Å². The quantitative estimate of drug-likeness (QED) is 0.815. The zero-order valence-electron chi connectivity index (χ0n) is 13.7. The molecule has 1 aromatic rings. The fourth-order valence-corrected chi connectivity index (χ4v) is 3.41. The summed E-state index contributed by atoms with van der Waals surface area (Å²) in [6, 6.07) is 11.6. The number of hydrogen-bond acceptors (Lipinski definition) is 1. The Kier molecular flexibility index (Phi) is 5.26. The Balaban J connectivity index is 1.74. The lowest BCUT2D eigenvalue weighted by Crippen LogP contribution is -2.37. The Hall–Kier alpha value is -0.820. The number of hydrogen-bond donors (Lipinski definition) is 1. The van der Waals surface area contributed by atoms with Crippen molar-refractivity contribution < 1.29 is 0 Å². The minimum atomic E-state index is 0.488. The van der Waals surface area contributed by atoms with Gasteiger partial charge in [-0.3, -0.25) is 0 Å². The molecule has 0 aliphatic heterocycles. The minimum absolute atomic E-state index is 0.488. The molecule has 0 saturated heterocycles. The summed E-state index contributed by atoms with van der Waals surface area (Å²) in [6.45, 7) is 10.6. The van der Waals surface area contributed by atoms with Crippen LogP contribution in [-0.4, -0.2) is 12.6 Å². The van der Waals surface area contributed by atoms with E-state index in [4.69, 9.17) is 0 Å². The highest BCUT2D eigenvalue weighted by atomic mass is 14.9. The van der Waals surface area contributed by atoms with Gasteiger partial charge in [-0.15, -0.1) is 0 Å². The minimum Gasteiger partial charge on any atom is -0.313 e. The van der Waals surface area contributed by atoms with Crippen LogP contribution in [0.5, 0.6) is 0 Å². The van der Waals surface area contributed by atoms with Crippen LogP contribution in [0.25, 0.3) is 0 Å². The van der Waals surface area contributed by atoms with Crippen molar-refractivity contribution in [3.63, 3.8) is 0 Å². The topological polar surface area (TPSA) is 12.0 Å². The van der Waals surface area contributed by atoms with Gasteiger partial charge in [-0.25, -0.2) is 0 Å². The average molecular weight is 273 g/mol. The lowest BCUT2D eigenvalue weighted by atomic mass is 9.71. The molecule has 0 radical (unpaired) electrons. The smallest absolute Gasteiger partial charge is 0.00675 e. The zero-order valence-corrected chi connectivity index (χ0v) is 13.7. The van der Waals surface area contributed by atoms with Crippen LogP contribution in [-0.2, 0) is 0 Å². The molecule has 1 aliphatic carbocycles. The van der Waals surface area contributed by atoms with Crippen molar-refractivity contribution in [1.29, 1.82) is 0 Å². The van der Waals surface area contributed by atoms with Crippen molar-refractivity contribution in [3.05, 3.63) is 35.9 Å². The molecule has 1 heteroatoms. The molecular weight excluding hydrogens is 242 g/mol. The van der Waals surface area contributed by atoms with Gasteiger partial charge in [0.25, 0.3) is 0 Å². The summed E-state index contributed by atoms with van der Waals surface area (Å²) in [6.07, 6.45) is 5.48. The van der Waals surface area contributed by atoms with Crippen molar-refractivity contribution in [2.45, 2.75) is 65.3 Å². The molecule has 0 amide bonds. The van der Waals surface area contributed by atoms with Crippen molar-refractivity contribution in [1.82, 2.24) is 5.32 Å². The molecule has 0 spiro atoms. The van der Waals surface area contributed by atoms with Gasteiger partial charge in [-0.1, -0.05) is 58.0 Å². The van der Waals surface area contributed by atoms with E-state index in [2.05, 4.69) is 63.3 Å². The first-order chi connectivity index (χ1) is 9.47. The largest absolute Gasteiger partial charge is 0.313 e. The van der Waals surface area contributed by atoms with E-state index in [0.717, 1.165) is 18.5 Å². The molecule has 1 unspecified atom stereocenters. The Morgan fingerprint density at radius 1 is 1.05 bits per heavy atom. The molecule has 1 aromatic carbocycles. The first-order valence-electron chi connectivity index (χ1n) is 8.25. The first-order valence-corrected chi connectivity index (χ1v) is 8.25. The molecule has 1 nitrogen and oxygen atoms in total. The lowest BCUT2D eigenvalue weighted by Gasteiger charge is -2.37. The molecule has 1 fully saturated rings. The van der Waals surface area contributed by atoms with Crippen molar-refractivity contribution >= 4 is 0 Å². The highest BCUT2D eigenvalue weighted by molar-refractivity contribution is 5.19. The Morgan fingerprint density at radius 3 is 2.20 bits per heavy atom. The maximum Gasteiger partial charge on any atom is 0.00675 e. The molecule has 2 rings (SSSR count). The highest BCUT2D eigenvalue weighted by Gasteiger charge is 2.29. The Bertz CT molecular complexity index is 382.